The Morgan fingerprint density at radius 2 is 1.76 bits per heavy atom. The van der Waals surface area contributed by atoms with Crippen molar-refractivity contribution >= 4 is 5.91 Å². The third-order valence-electron chi connectivity index (χ3n) is 4.80. The van der Waals surface area contributed by atoms with Crippen LogP contribution in [-0.4, -0.2) is 23.4 Å². The van der Waals surface area contributed by atoms with E-state index in [4.69, 9.17) is 0 Å². The van der Waals surface area contributed by atoms with E-state index in [2.05, 4.69) is 5.32 Å². The van der Waals surface area contributed by atoms with Crippen molar-refractivity contribution in [2.24, 2.45) is 11.8 Å². The number of amides is 1. The van der Waals surface area contributed by atoms with Crippen molar-refractivity contribution in [3.63, 3.8) is 0 Å². The molecule has 4 rings (SSSR count). The molecule has 2 saturated carbocycles. The van der Waals surface area contributed by atoms with Gasteiger partial charge in [-0.15, -0.1) is 0 Å². The fourth-order valence-corrected chi connectivity index (χ4v) is 3.53. The number of hydrogen-bond donors (Lipinski definition) is 1. The maximum absolute atomic E-state index is 13.5. The van der Waals surface area contributed by atoms with Gasteiger partial charge in [0.25, 0.3) is 0 Å². The van der Waals surface area contributed by atoms with Crippen LogP contribution in [0.3, 0.4) is 0 Å². The lowest BCUT2D eigenvalue weighted by Gasteiger charge is -2.33. The Hall–Kier alpha value is -1.49. The van der Waals surface area contributed by atoms with Crippen LogP contribution in [0.5, 0.6) is 0 Å². The van der Waals surface area contributed by atoms with Crippen LogP contribution in [0, 0.1) is 23.5 Å². The minimum atomic E-state index is -0.858. The summed E-state index contributed by atoms with van der Waals surface area (Å²) in [4.78, 5) is 14.2. The van der Waals surface area contributed by atoms with E-state index >= 15 is 0 Å². The number of carbonyl (C=O) groups is 1. The molecule has 2 aliphatic carbocycles. The standard InChI is InChI=1S/C16H18F2N2O/c17-12-6-5-11(7-13(12)18)16-19-8-14(21)20(16)15(9-1-2-9)10-3-4-10/h5-7,9-10,15-16,19H,1-4,8H2. The molecule has 1 aromatic rings. The summed E-state index contributed by atoms with van der Waals surface area (Å²) in [5.74, 6) is -0.449. The summed E-state index contributed by atoms with van der Waals surface area (Å²) in [7, 11) is 0. The van der Waals surface area contributed by atoms with Crippen LogP contribution in [0.1, 0.15) is 37.4 Å². The van der Waals surface area contributed by atoms with Gasteiger partial charge in [-0.25, -0.2) is 8.78 Å². The van der Waals surface area contributed by atoms with Gasteiger partial charge >= 0.3 is 0 Å². The van der Waals surface area contributed by atoms with Gasteiger partial charge in [0, 0.05) is 6.04 Å². The number of benzene rings is 1. The van der Waals surface area contributed by atoms with Crippen molar-refractivity contribution in [3.05, 3.63) is 35.4 Å². The quantitative estimate of drug-likeness (QED) is 0.925. The molecule has 21 heavy (non-hydrogen) atoms. The molecule has 1 unspecified atom stereocenters. The highest BCUT2D eigenvalue weighted by atomic mass is 19.2. The molecule has 1 atom stereocenters. The van der Waals surface area contributed by atoms with E-state index in [0.717, 1.165) is 6.07 Å². The van der Waals surface area contributed by atoms with Crippen LogP contribution >= 0.6 is 0 Å². The molecule has 3 nitrogen and oxygen atoms in total. The van der Waals surface area contributed by atoms with Crippen molar-refractivity contribution < 1.29 is 13.6 Å². The van der Waals surface area contributed by atoms with Gasteiger partial charge in [-0.2, -0.15) is 0 Å². The van der Waals surface area contributed by atoms with E-state index in [-0.39, 0.29) is 24.7 Å². The average Bonchev–Trinajstić information content (AvgIpc) is 3.35. The maximum atomic E-state index is 13.5. The molecule has 1 N–H and O–H groups in total. The van der Waals surface area contributed by atoms with Crippen molar-refractivity contribution in [1.82, 2.24) is 10.2 Å². The Bertz CT molecular complexity index is 572. The zero-order chi connectivity index (χ0) is 14.6. The molecule has 0 aromatic heterocycles. The molecule has 3 fully saturated rings. The Morgan fingerprint density at radius 3 is 2.33 bits per heavy atom. The van der Waals surface area contributed by atoms with Gasteiger partial charge in [-0.05, 0) is 55.2 Å². The number of carbonyl (C=O) groups excluding carboxylic acids is 1. The van der Waals surface area contributed by atoms with Gasteiger partial charge in [0.05, 0.1) is 6.54 Å². The lowest BCUT2D eigenvalue weighted by atomic mass is 10.0. The SMILES string of the molecule is O=C1CNC(c2ccc(F)c(F)c2)N1C(C1CC1)C1CC1. The van der Waals surface area contributed by atoms with Crippen LogP contribution in [-0.2, 0) is 4.79 Å². The van der Waals surface area contributed by atoms with Crippen molar-refractivity contribution in [2.45, 2.75) is 37.9 Å². The van der Waals surface area contributed by atoms with Crippen LogP contribution in [0.25, 0.3) is 0 Å². The van der Waals surface area contributed by atoms with Crippen LogP contribution in [0.15, 0.2) is 18.2 Å². The third-order valence-corrected chi connectivity index (χ3v) is 4.80. The number of rotatable bonds is 4. The molecule has 0 bridgehead atoms. The molecule has 1 saturated heterocycles. The Labute approximate surface area is 122 Å². The molecule has 0 radical (unpaired) electrons. The van der Waals surface area contributed by atoms with Crippen LogP contribution < -0.4 is 5.32 Å². The van der Waals surface area contributed by atoms with Gasteiger partial charge in [-0.1, -0.05) is 6.07 Å². The molecule has 3 aliphatic rings. The molecule has 5 heteroatoms. The normalized spacial score (nSPS) is 26.0. The van der Waals surface area contributed by atoms with Gasteiger partial charge in [0.15, 0.2) is 11.6 Å². The first-order valence-electron chi connectivity index (χ1n) is 7.64. The summed E-state index contributed by atoms with van der Waals surface area (Å²) < 4.78 is 26.6. The molecule has 112 valence electrons. The molecular formula is C16H18F2N2O. The van der Waals surface area contributed by atoms with E-state index in [9.17, 15) is 13.6 Å². The zero-order valence-electron chi connectivity index (χ0n) is 11.7. The monoisotopic (exact) mass is 292 g/mol. The summed E-state index contributed by atoms with van der Waals surface area (Å²) >= 11 is 0. The molecule has 0 spiro atoms. The Morgan fingerprint density at radius 1 is 1.10 bits per heavy atom. The summed E-state index contributed by atoms with van der Waals surface area (Å²) in [6.07, 6.45) is 4.38. The fourth-order valence-electron chi connectivity index (χ4n) is 3.53. The average molecular weight is 292 g/mol. The molecule has 1 amide bonds. The first-order valence-corrected chi connectivity index (χ1v) is 7.64. The Kier molecular flexibility index (Phi) is 2.99. The number of nitrogens with zero attached hydrogens (tertiary/aromatic N) is 1. The largest absolute Gasteiger partial charge is 0.318 e. The molecule has 1 aliphatic heterocycles. The van der Waals surface area contributed by atoms with Gasteiger partial charge in [0.1, 0.15) is 6.17 Å². The second kappa shape index (κ2) is 4.77. The minimum absolute atomic E-state index is 0.0773. The van der Waals surface area contributed by atoms with E-state index in [0.29, 0.717) is 17.4 Å². The second-order valence-electron chi connectivity index (χ2n) is 6.42. The maximum Gasteiger partial charge on any atom is 0.238 e. The van der Waals surface area contributed by atoms with Gasteiger partial charge in [-0.3, -0.25) is 10.1 Å². The number of hydrogen-bond acceptors (Lipinski definition) is 2. The highest BCUT2D eigenvalue weighted by Crippen LogP contribution is 2.49. The first-order chi connectivity index (χ1) is 10.1. The third kappa shape index (κ3) is 2.33. The lowest BCUT2D eigenvalue weighted by molar-refractivity contribution is -0.131. The van der Waals surface area contributed by atoms with Crippen LogP contribution in [0.4, 0.5) is 8.78 Å². The first kappa shape index (κ1) is 13.2. The summed E-state index contributed by atoms with van der Waals surface area (Å²) in [6, 6.07) is 4.18. The van der Waals surface area contributed by atoms with E-state index in [1.165, 1.54) is 31.7 Å². The molecule has 1 heterocycles. The van der Waals surface area contributed by atoms with Crippen LogP contribution in [0.2, 0.25) is 0 Å². The highest BCUT2D eigenvalue weighted by Gasteiger charge is 2.50. The highest BCUT2D eigenvalue weighted by molar-refractivity contribution is 5.81. The van der Waals surface area contributed by atoms with Crippen molar-refractivity contribution in [2.75, 3.05) is 6.54 Å². The second-order valence-corrected chi connectivity index (χ2v) is 6.42. The van der Waals surface area contributed by atoms with E-state index < -0.39 is 11.6 Å². The van der Waals surface area contributed by atoms with Crippen molar-refractivity contribution in [1.29, 1.82) is 0 Å². The molecule has 1 aromatic carbocycles. The topological polar surface area (TPSA) is 32.3 Å². The van der Waals surface area contributed by atoms with E-state index in [1.807, 2.05) is 4.90 Å². The minimum Gasteiger partial charge on any atom is -0.318 e. The zero-order valence-corrected chi connectivity index (χ0v) is 11.7. The number of halogens is 2. The number of nitrogens with one attached hydrogen (secondary N) is 1. The summed E-state index contributed by atoms with van der Waals surface area (Å²) in [5, 5.41) is 3.15. The predicted octanol–water partition coefficient (Wildman–Crippen LogP) is 2.58. The lowest BCUT2D eigenvalue weighted by Crippen LogP contribution is -2.42. The summed E-state index contributed by atoms with van der Waals surface area (Å²) in [6.45, 7) is 0.277. The smallest absolute Gasteiger partial charge is 0.238 e. The van der Waals surface area contributed by atoms with Crippen molar-refractivity contribution in [3.8, 4) is 0 Å². The van der Waals surface area contributed by atoms with E-state index in [1.54, 1.807) is 6.07 Å². The summed E-state index contributed by atoms with van der Waals surface area (Å²) in [5.41, 5.74) is 0.631. The molecular weight excluding hydrogens is 274 g/mol. The van der Waals surface area contributed by atoms with Gasteiger partial charge in [0.2, 0.25) is 5.91 Å². The Balaban J connectivity index is 1.66. The van der Waals surface area contributed by atoms with Gasteiger partial charge < -0.3 is 4.90 Å². The fraction of sp³-hybridized carbons (Fsp3) is 0.562. The predicted molar refractivity (Wildman–Crippen MR) is 73.2 cm³/mol.